The second kappa shape index (κ2) is 3.71. The van der Waals surface area contributed by atoms with Crippen molar-refractivity contribution in [2.24, 2.45) is 5.41 Å². The standard InChI is InChI=1S/C13H13N3S/c14-8-13(4-1-5-13)7-9-2-3-10-11(6-9)17-12(15)16-10/h2-3,6H,1,4-5,7H2,(H2,15,16). The second-order valence-electron chi connectivity index (χ2n) is 4.78. The van der Waals surface area contributed by atoms with E-state index < -0.39 is 0 Å². The fourth-order valence-corrected chi connectivity index (χ4v) is 3.22. The molecule has 0 unspecified atom stereocenters. The van der Waals surface area contributed by atoms with Gasteiger partial charge in [-0.25, -0.2) is 4.98 Å². The Hall–Kier alpha value is -1.60. The summed E-state index contributed by atoms with van der Waals surface area (Å²) in [6.45, 7) is 0. The summed E-state index contributed by atoms with van der Waals surface area (Å²) in [5.41, 5.74) is 7.76. The number of anilines is 1. The lowest BCUT2D eigenvalue weighted by molar-refractivity contribution is 0.214. The Balaban J connectivity index is 1.93. The summed E-state index contributed by atoms with van der Waals surface area (Å²) >= 11 is 1.51. The Kier molecular flexibility index (Phi) is 2.30. The summed E-state index contributed by atoms with van der Waals surface area (Å²) in [7, 11) is 0. The first-order valence-corrected chi connectivity index (χ1v) is 6.59. The van der Waals surface area contributed by atoms with Gasteiger partial charge >= 0.3 is 0 Å². The molecular weight excluding hydrogens is 230 g/mol. The van der Waals surface area contributed by atoms with Gasteiger partial charge in [0.25, 0.3) is 0 Å². The van der Waals surface area contributed by atoms with Crippen molar-refractivity contribution in [3.63, 3.8) is 0 Å². The van der Waals surface area contributed by atoms with Crippen LogP contribution in [0.5, 0.6) is 0 Å². The van der Waals surface area contributed by atoms with E-state index in [0.29, 0.717) is 5.13 Å². The largest absolute Gasteiger partial charge is 0.375 e. The third kappa shape index (κ3) is 1.77. The molecule has 1 saturated carbocycles. The van der Waals surface area contributed by atoms with E-state index in [9.17, 15) is 5.26 Å². The SMILES string of the molecule is N#CC1(Cc2ccc3nc(N)sc3c2)CCC1. The van der Waals surface area contributed by atoms with E-state index >= 15 is 0 Å². The van der Waals surface area contributed by atoms with E-state index in [1.807, 2.05) is 6.07 Å². The van der Waals surface area contributed by atoms with Crippen molar-refractivity contribution >= 4 is 26.7 Å². The zero-order valence-electron chi connectivity index (χ0n) is 9.44. The van der Waals surface area contributed by atoms with Crippen LogP contribution in [0.4, 0.5) is 5.13 Å². The van der Waals surface area contributed by atoms with Gasteiger partial charge in [0.05, 0.1) is 21.7 Å². The molecule has 0 radical (unpaired) electrons. The van der Waals surface area contributed by atoms with Crippen LogP contribution in [0.3, 0.4) is 0 Å². The van der Waals surface area contributed by atoms with Crippen molar-refractivity contribution < 1.29 is 0 Å². The van der Waals surface area contributed by atoms with Crippen molar-refractivity contribution in [3.8, 4) is 6.07 Å². The Labute approximate surface area is 104 Å². The average molecular weight is 243 g/mol. The van der Waals surface area contributed by atoms with Gasteiger partial charge in [-0.15, -0.1) is 0 Å². The maximum atomic E-state index is 9.24. The third-order valence-electron chi connectivity index (χ3n) is 3.56. The van der Waals surface area contributed by atoms with Gasteiger partial charge in [0.15, 0.2) is 5.13 Å². The molecule has 0 spiro atoms. The Bertz CT molecular complexity index is 605. The minimum absolute atomic E-state index is 0.107. The first kappa shape index (κ1) is 10.5. The fraction of sp³-hybridized carbons (Fsp3) is 0.385. The summed E-state index contributed by atoms with van der Waals surface area (Å²) in [6, 6.07) is 8.68. The minimum atomic E-state index is -0.107. The monoisotopic (exact) mass is 243 g/mol. The van der Waals surface area contributed by atoms with E-state index in [0.717, 1.165) is 29.5 Å². The molecule has 0 bridgehead atoms. The summed E-state index contributed by atoms with van der Waals surface area (Å²) < 4.78 is 1.12. The zero-order chi connectivity index (χ0) is 11.9. The van der Waals surface area contributed by atoms with Crippen molar-refractivity contribution in [2.45, 2.75) is 25.7 Å². The van der Waals surface area contributed by atoms with Gasteiger partial charge in [0.1, 0.15) is 0 Å². The second-order valence-corrected chi connectivity index (χ2v) is 5.84. The molecule has 1 heterocycles. The first-order valence-electron chi connectivity index (χ1n) is 5.77. The maximum Gasteiger partial charge on any atom is 0.181 e. The highest BCUT2D eigenvalue weighted by atomic mass is 32.1. The van der Waals surface area contributed by atoms with Crippen LogP contribution in [0.2, 0.25) is 0 Å². The Morgan fingerprint density at radius 1 is 1.47 bits per heavy atom. The molecule has 17 heavy (non-hydrogen) atoms. The molecule has 0 atom stereocenters. The van der Waals surface area contributed by atoms with E-state index in [1.54, 1.807) is 0 Å². The highest BCUT2D eigenvalue weighted by Gasteiger charge is 2.37. The van der Waals surface area contributed by atoms with Crippen molar-refractivity contribution in [2.75, 3.05) is 5.73 Å². The van der Waals surface area contributed by atoms with Crippen molar-refractivity contribution in [3.05, 3.63) is 23.8 Å². The topological polar surface area (TPSA) is 62.7 Å². The highest BCUT2D eigenvalue weighted by Crippen LogP contribution is 2.43. The number of nitriles is 1. The minimum Gasteiger partial charge on any atom is -0.375 e. The Morgan fingerprint density at radius 2 is 2.29 bits per heavy atom. The third-order valence-corrected chi connectivity index (χ3v) is 4.41. The summed E-state index contributed by atoms with van der Waals surface area (Å²) in [5.74, 6) is 0. The molecule has 1 aromatic carbocycles. The molecule has 1 aliphatic rings. The lowest BCUT2D eigenvalue weighted by Gasteiger charge is -2.35. The predicted octanol–water partition coefficient (Wildman–Crippen LogP) is 3.11. The van der Waals surface area contributed by atoms with E-state index in [2.05, 4.69) is 23.2 Å². The zero-order valence-corrected chi connectivity index (χ0v) is 10.3. The molecular formula is C13H13N3S. The summed E-state index contributed by atoms with van der Waals surface area (Å²) in [6.07, 6.45) is 4.11. The van der Waals surface area contributed by atoms with Crippen LogP contribution in [0, 0.1) is 16.7 Å². The number of nitrogens with two attached hydrogens (primary N) is 1. The molecule has 1 fully saturated rings. The van der Waals surface area contributed by atoms with Crippen LogP contribution < -0.4 is 5.73 Å². The van der Waals surface area contributed by atoms with Gasteiger partial charge in [0.2, 0.25) is 0 Å². The van der Waals surface area contributed by atoms with Crippen molar-refractivity contribution in [1.29, 1.82) is 5.26 Å². The number of benzene rings is 1. The normalized spacial score (nSPS) is 17.6. The summed E-state index contributed by atoms with van der Waals surface area (Å²) in [4.78, 5) is 4.24. The number of fused-ring (bicyclic) bond motifs is 1. The van der Waals surface area contributed by atoms with Crippen molar-refractivity contribution in [1.82, 2.24) is 4.98 Å². The number of nitrogens with zero attached hydrogens (tertiary/aromatic N) is 2. The molecule has 2 N–H and O–H groups in total. The van der Waals surface area contributed by atoms with Gasteiger partial charge in [0, 0.05) is 0 Å². The number of rotatable bonds is 2. The van der Waals surface area contributed by atoms with Crippen LogP contribution in [0.25, 0.3) is 10.2 Å². The molecule has 0 aliphatic heterocycles. The predicted molar refractivity (Wildman–Crippen MR) is 69.6 cm³/mol. The number of nitrogen functional groups attached to an aromatic ring is 1. The molecule has 3 nitrogen and oxygen atoms in total. The number of hydrogen-bond donors (Lipinski definition) is 1. The van der Waals surface area contributed by atoms with Crippen LogP contribution in [-0.2, 0) is 6.42 Å². The summed E-state index contributed by atoms with van der Waals surface area (Å²) in [5, 5.41) is 9.84. The lowest BCUT2D eigenvalue weighted by atomic mass is 9.66. The molecule has 4 heteroatoms. The van der Waals surface area contributed by atoms with Gasteiger partial charge in [-0.3, -0.25) is 0 Å². The van der Waals surface area contributed by atoms with Gasteiger partial charge in [-0.1, -0.05) is 23.8 Å². The molecule has 3 rings (SSSR count). The quantitative estimate of drug-likeness (QED) is 0.881. The maximum absolute atomic E-state index is 9.24. The van der Waals surface area contributed by atoms with E-state index in [-0.39, 0.29) is 5.41 Å². The number of aromatic nitrogens is 1. The molecule has 1 aromatic heterocycles. The Morgan fingerprint density at radius 3 is 2.94 bits per heavy atom. The lowest BCUT2D eigenvalue weighted by Crippen LogP contribution is -2.29. The molecule has 2 aromatic rings. The molecule has 0 saturated heterocycles. The van der Waals surface area contributed by atoms with Crippen LogP contribution in [0.1, 0.15) is 24.8 Å². The van der Waals surface area contributed by atoms with Crippen LogP contribution in [-0.4, -0.2) is 4.98 Å². The smallest absolute Gasteiger partial charge is 0.181 e. The van der Waals surface area contributed by atoms with Gasteiger partial charge in [-0.2, -0.15) is 5.26 Å². The van der Waals surface area contributed by atoms with E-state index in [4.69, 9.17) is 5.73 Å². The molecule has 1 aliphatic carbocycles. The number of hydrogen-bond acceptors (Lipinski definition) is 4. The molecule has 86 valence electrons. The van der Waals surface area contributed by atoms with Gasteiger partial charge < -0.3 is 5.73 Å². The highest BCUT2D eigenvalue weighted by molar-refractivity contribution is 7.22. The first-order chi connectivity index (χ1) is 8.21. The van der Waals surface area contributed by atoms with E-state index in [1.165, 1.54) is 23.3 Å². The number of thiazole rings is 1. The molecule has 0 amide bonds. The van der Waals surface area contributed by atoms with Crippen LogP contribution in [0.15, 0.2) is 18.2 Å². The van der Waals surface area contributed by atoms with Gasteiger partial charge in [-0.05, 0) is 37.0 Å². The average Bonchev–Trinajstić information content (AvgIpc) is 2.63. The van der Waals surface area contributed by atoms with Crippen LogP contribution >= 0.6 is 11.3 Å². The fourth-order valence-electron chi connectivity index (χ4n) is 2.42.